The predicted octanol–water partition coefficient (Wildman–Crippen LogP) is 1.61. The van der Waals surface area contributed by atoms with Gasteiger partial charge in [-0.15, -0.1) is 0 Å². The number of benzene rings is 1. The van der Waals surface area contributed by atoms with Gasteiger partial charge in [0.15, 0.2) is 0 Å². The first-order chi connectivity index (χ1) is 9.60. The third-order valence-electron chi connectivity index (χ3n) is 3.47. The van der Waals surface area contributed by atoms with Crippen LogP contribution in [0.1, 0.15) is 22.9 Å². The van der Waals surface area contributed by atoms with Crippen molar-refractivity contribution < 1.29 is 4.42 Å². The Hall–Kier alpha value is -2.31. The number of aromatic nitrogens is 2. The summed E-state index contributed by atoms with van der Waals surface area (Å²) < 4.78 is 7.46. The van der Waals surface area contributed by atoms with Gasteiger partial charge in [-0.2, -0.15) is 5.10 Å². The lowest BCUT2D eigenvalue weighted by atomic mass is 10.1. The summed E-state index contributed by atoms with van der Waals surface area (Å²) in [5.74, 6) is 6.94. The van der Waals surface area contributed by atoms with E-state index in [0.29, 0.717) is 11.6 Å². The maximum atomic E-state index is 6.00. The predicted molar refractivity (Wildman–Crippen MR) is 77.7 cm³/mol. The lowest BCUT2D eigenvalue weighted by Gasteiger charge is -2.12. The van der Waals surface area contributed by atoms with Crippen molar-refractivity contribution in [3.8, 4) is 0 Å². The fourth-order valence-corrected chi connectivity index (χ4v) is 2.34. The maximum Gasteiger partial charge on any atom is 0.134 e. The van der Waals surface area contributed by atoms with E-state index < -0.39 is 0 Å². The Morgan fingerprint density at radius 2 is 2.15 bits per heavy atom. The highest BCUT2D eigenvalue weighted by Crippen LogP contribution is 2.30. The van der Waals surface area contributed by atoms with Crippen LogP contribution in [-0.4, -0.2) is 9.78 Å². The van der Waals surface area contributed by atoms with Crippen LogP contribution in [0, 0.1) is 6.92 Å². The minimum absolute atomic E-state index is 0.323. The minimum atomic E-state index is -0.323. The molecule has 0 aliphatic heterocycles. The summed E-state index contributed by atoms with van der Waals surface area (Å²) in [5.41, 5.74) is 11.5. The van der Waals surface area contributed by atoms with Gasteiger partial charge in [-0.1, -0.05) is 11.6 Å². The Morgan fingerprint density at radius 1 is 1.35 bits per heavy atom. The molecule has 6 heteroatoms. The zero-order valence-corrected chi connectivity index (χ0v) is 11.4. The summed E-state index contributed by atoms with van der Waals surface area (Å²) in [5, 5.41) is 5.18. The van der Waals surface area contributed by atoms with Gasteiger partial charge < -0.3 is 10.2 Å². The first-order valence-corrected chi connectivity index (χ1v) is 6.33. The highest BCUT2D eigenvalue weighted by Gasteiger charge is 2.21. The average Bonchev–Trinajstić information content (AvgIpc) is 2.97. The Labute approximate surface area is 116 Å². The maximum absolute atomic E-state index is 6.00. The molecule has 3 rings (SSSR count). The van der Waals surface area contributed by atoms with Gasteiger partial charge in [0.05, 0.1) is 6.20 Å². The standard InChI is InChI=1S/C14H17N5O/c1-8-3-4-11-9(5-8)6-12(20-11)13(18-16)10-7-17-19(2)14(10)15/h3-7,13,18H,15-16H2,1-2H3. The van der Waals surface area contributed by atoms with Crippen molar-refractivity contribution in [1.29, 1.82) is 0 Å². The molecule has 3 aromatic rings. The van der Waals surface area contributed by atoms with Crippen LogP contribution in [0.3, 0.4) is 0 Å². The quantitative estimate of drug-likeness (QED) is 0.497. The fourth-order valence-electron chi connectivity index (χ4n) is 2.34. The number of anilines is 1. The second kappa shape index (κ2) is 4.66. The zero-order valence-electron chi connectivity index (χ0n) is 11.4. The van der Waals surface area contributed by atoms with Crippen molar-refractivity contribution in [2.75, 3.05) is 5.73 Å². The lowest BCUT2D eigenvalue weighted by Crippen LogP contribution is -2.29. The smallest absolute Gasteiger partial charge is 0.134 e. The van der Waals surface area contributed by atoms with Gasteiger partial charge in [-0.05, 0) is 25.1 Å². The molecular formula is C14H17N5O. The summed E-state index contributed by atoms with van der Waals surface area (Å²) in [6.45, 7) is 2.05. The molecule has 0 saturated carbocycles. The van der Waals surface area contributed by atoms with E-state index in [4.69, 9.17) is 16.0 Å². The van der Waals surface area contributed by atoms with Gasteiger partial charge in [0.2, 0.25) is 0 Å². The van der Waals surface area contributed by atoms with Gasteiger partial charge in [-0.25, -0.2) is 5.43 Å². The first kappa shape index (κ1) is 12.7. The zero-order chi connectivity index (χ0) is 14.3. The minimum Gasteiger partial charge on any atom is -0.459 e. The van der Waals surface area contributed by atoms with Gasteiger partial charge in [0.25, 0.3) is 0 Å². The highest BCUT2D eigenvalue weighted by atomic mass is 16.3. The van der Waals surface area contributed by atoms with Crippen LogP contribution in [0.15, 0.2) is 34.9 Å². The van der Waals surface area contributed by atoms with Crippen molar-refractivity contribution in [2.45, 2.75) is 13.0 Å². The second-order valence-corrected chi connectivity index (χ2v) is 4.90. The van der Waals surface area contributed by atoms with Gasteiger partial charge >= 0.3 is 0 Å². The van der Waals surface area contributed by atoms with E-state index in [9.17, 15) is 0 Å². The van der Waals surface area contributed by atoms with Gasteiger partial charge in [0.1, 0.15) is 23.2 Å². The van der Waals surface area contributed by atoms with Crippen molar-refractivity contribution in [2.24, 2.45) is 12.9 Å². The molecule has 2 heterocycles. The van der Waals surface area contributed by atoms with E-state index in [0.717, 1.165) is 16.5 Å². The van der Waals surface area contributed by atoms with Crippen LogP contribution >= 0.6 is 0 Å². The first-order valence-electron chi connectivity index (χ1n) is 6.33. The van der Waals surface area contributed by atoms with Crippen LogP contribution in [0.2, 0.25) is 0 Å². The molecule has 0 fully saturated rings. The molecule has 6 nitrogen and oxygen atoms in total. The molecule has 1 atom stereocenters. The molecule has 1 unspecified atom stereocenters. The Morgan fingerprint density at radius 3 is 2.80 bits per heavy atom. The number of hydrazine groups is 1. The lowest BCUT2D eigenvalue weighted by molar-refractivity contribution is 0.478. The van der Waals surface area contributed by atoms with E-state index in [1.807, 2.05) is 25.1 Å². The molecule has 5 N–H and O–H groups in total. The van der Waals surface area contributed by atoms with E-state index >= 15 is 0 Å². The Balaban J connectivity index is 2.09. The summed E-state index contributed by atoms with van der Waals surface area (Å²) in [7, 11) is 1.79. The molecule has 0 aliphatic rings. The molecule has 0 spiro atoms. The number of hydrogen-bond acceptors (Lipinski definition) is 5. The van der Waals surface area contributed by atoms with Gasteiger partial charge in [0, 0.05) is 18.0 Å². The third-order valence-corrected chi connectivity index (χ3v) is 3.47. The summed E-state index contributed by atoms with van der Waals surface area (Å²) >= 11 is 0. The van der Waals surface area contributed by atoms with Gasteiger partial charge in [-0.3, -0.25) is 10.5 Å². The number of nitrogens with two attached hydrogens (primary N) is 2. The van der Waals surface area contributed by atoms with Crippen molar-refractivity contribution in [3.63, 3.8) is 0 Å². The van der Waals surface area contributed by atoms with E-state index in [2.05, 4.69) is 16.6 Å². The number of hydrogen-bond donors (Lipinski definition) is 3. The molecule has 0 bridgehead atoms. The molecule has 0 amide bonds. The number of furan rings is 1. The summed E-state index contributed by atoms with van der Waals surface area (Å²) in [4.78, 5) is 0. The molecule has 2 aromatic heterocycles. The molecular weight excluding hydrogens is 254 g/mol. The molecule has 104 valence electrons. The van der Waals surface area contributed by atoms with Crippen LogP contribution < -0.4 is 17.0 Å². The van der Waals surface area contributed by atoms with Crippen LogP contribution in [0.25, 0.3) is 11.0 Å². The monoisotopic (exact) mass is 271 g/mol. The SMILES string of the molecule is Cc1ccc2oc(C(NN)c3cnn(C)c3N)cc2c1. The van der Waals surface area contributed by atoms with Crippen molar-refractivity contribution in [1.82, 2.24) is 15.2 Å². The average molecular weight is 271 g/mol. The van der Waals surface area contributed by atoms with Crippen LogP contribution in [-0.2, 0) is 7.05 Å². The molecule has 0 radical (unpaired) electrons. The van der Waals surface area contributed by atoms with Crippen LogP contribution in [0.5, 0.6) is 0 Å². The highest BCUT2D eigenvalue weighted by molar-refractivity contribution is 5.79. The van der Waals surface area contributed by atoms with E-state index in [1.54, 1.807) is 17.9 Å². The summed E-state index contributed by atoms with van der Waals surface area (Å²) in [6.07, 6.45) is 1.69. The number of aryl methyl sites for hydroxylation is 2. The molecule has 20 heavy (non-hydrogen) atoms. The third kappa shape index (κ3) is 1.95. The van der Waals surface area contributed by atoms with Crippen LogP contribution in [0.4, 0.5) is 5.82 Å². The number of fused-ring (bicyclic) bond motifs is 1. The Kier molecular flexibility index (Phi) is 2.96. The second-order valence-electron chi connectivity index (χ2n) is 4.90. The molecule has 0 saturated heterocycles. The fraction of sp³-hybridized carbons (Fsp3) is 0.214. The van der Waals surface area contributed by atoms with Crippen molar-refractivity contribution >= 4 is 16.8 Å². The number of nitrogen functional groups attached to an aromatic ring is 1. The number of nitrogens with one attached hydrogen (secondary N) is 1. The Bertz CT molecular complexity index is 758. The number of rotatable bonds is 3. The molecule has 1 aromatic carbocycles. The normalized spacial score (nSPS) is 12.9. The molecule has 0 aliphatic carbocycles. The summed E-state index contributed by atoms with van der Waals surface area (Å²) in [6, 6.07) is 7.69. The van der Waals surface area contributed by atoms with Crippen molar-refractivity contribution in [3.05, 3.63) is 47.3 Å². The van der Waals surface area contributed by atoms with E-state index in [1.165, 1.54) is 5.56 Å². The largest absolute Gasteiger partial charge is 0.459 e. The topological polar surface area (TPSA) is 95.0 Å². The number of nitrogens with zero attached hydrogens (tertiary/aromatic N) is 2. The van der Waals surface area contributed by atoms with E-state index in [-0.39, 0.29) is 6.04 Å².